The van der Waals surface area contributed by atoms with Gasteiger partial charge in [0.1, 0.15) is 0 Å². The summed E-state index contributed by atoms with van der Waals surface area (Å²) in [6.45, 7) is 16.0. The molecule has 0 bridgehead atoms. The number of aromatic nitrogens is 2. The monoisotopic (exact) mass is 464 g/mol. The quantitative estimate of drug-likeness (QED) is 0.464. The number of hydrogen-bond acceptors (Lipinski definition) is 4. The minimum atomic E-state index is -0.874. The normalized spacial score (nSPS) is 26.8. The van der Waals surface area contributed by atoms with Crippen LogP contribution in [0.15, 0.2) is 30.5 Å². The summed E-state index contributed by atoms with van der Waals surface area (Å²) < 4.78 is 0. The molecule has 2 atom stereocenters. The lowest BCUT2D eigenvalue weighted by atomic mass is 9.76. The van der Waals surface area contributed by atoms with Gasteiger partial charge in [0.25, 0.3) is 5.82 Å². The molecule has 1 saturated heterocycles. The van der Waals surface area contributed by atoms with E-state index in [-0.39, 0.29) is 23.0 Å². The second kappa shape index (κ2) is 9.00. The molecule has 2 aromatic rings. The number of aliphatic hydroxyl groups is 1. The number of anilines is 1. The Hall–Kier alpha value is -2.56. The molecular formula is C26H32N4O2S. The third-order valence-corrected chi connectivity index (χ3v) is 8.00. The number of aromatic amines is 1. The van der Waals surface area contributed by atoms with Gasteiger partial charge >= 0.3 is 5.91 Å². The fraction of sp³-hybridized carbons (Fsp3) is 0.500. The Balaban J connectivity index is 1.71. The third-order valence-electron chi connectivity index (χ3n) is 6.74. The minimum absolute atomic E-state index is 0.111. The maximum absolute atomic E-state index is 12.8. The average molecular weight is 465 g/mol. The fourth-order valence-electron chi connectivity index (χ4n) is 4.96. The van der Waals surface area contributed by atoms with Crippen LogP contribution in [-0.2, 0) is 5.60 Å². The van der Waals surface area contributed by atoms with E-state index in [1.807, 2.05) is 23.9 Å². The third kappa shape index (κ3) is 5.18. The van der Waals surface area contributed by atoms with Gasteiger partial charge in [0.05, 0.1) is 11.8 Å². The summed E-state index contributed by atoms with van der Waals surface area (Å²) in [5.74, 6) is -0.0420. The highest BCUT2D eigenvalue weighted by Crippen LogP contribution is 2.46. The van der Waals surface area contributed by atoms with Crippen LogP contribution in [0.25, 0.3) is 10.4 Å². The maximum atomic E-state index is 12.8. The number of thioether (sulfide) groups is 1. The van der Waals surface area contributed by atoms with Crippen LogP contribution in [0.1, 0.15) is 81.5 Å². The number of nitrogens with one attached hydrogen (secondary N) is 2. The summed E-state index contributed by atoms with van der Waals surface area (Å²) in [5.41, 5.74) is 3.15. The Labute approximate surface area is 200 Å². The molecule has 1 aromatic heterocycles. The molecule has 7 heteroatoms. The molecule has 4 rings (SSSR count). The molecule has 1 aromatic carbocycles. The first-order valence-corrected chi connectivity index (χ1v) is 12.5. The maximum Gasteiger partial charge on any atom is 0.314 e. The fourth-order valence-corrected chi connectivity index (χ4v) is 6.49. The van der Waals surface area contributed by atoms with Crippen LogP contribution in [0, 0.1) is 12.0 Å². The zero-order chi connectivity index (χ0) is 23.8. The standard InChI is InChI=1S/C26H32N4O2S/c1-16-13-26(32,14-17(2)33-16)19-6-7-21(29-24(31)23-28-15-22(27-5)30-23)20(12-19)18-8-10-25(3,4)11-9-18/h6-8,12,15-17,32H,9-11,13-14H2,1-4H3,(H,28,30)(H,29,31). The van der Waals surface area contributed by atoms with Gasteiger partial charge in [-0.15, -0.1) is 0 Å². The first-order valence-electron chi connectivity index (χ1n) is 11.5. The number of rotatable bonds is 4. The first kappa shape index (κ1) is 23.6. The number of imidazole rings is 1. The van der Waals surface area contributed by atoms with Crippen LogP contribution in [0.3, 0.4) is 0 Å². The number of carbonyl (C=O) groups excluding carboxylic acids is 1. The number of carbonyl (C=O) groups is 1. The van der Waals surface area contributed by atoms with Gasteiger partial charge in [-0.25, -0.2) is 4.98 Å². The smallest absolute Gasteiger partial charge is 0.314 e. The van der Waals surface area contributed by atoms with Gasteiger partial charge in [0.2, 0.25) is 5.82 Å². The molecule has 174 valence electrons. The van der Waals surface area contributed by atoms with E-state index in [1.165, 1.54) is 11.8 Å². The second-order valence-electron chi connectivity index (χ2n) is 10.2. The first-order chi connectivity index (χ1) is 15.6. The highest BCUT2D eigenvalue weighted by atomic mass is 32.2. The summed E-state index contributed by atoms with van der Waals surface area (Å²) in [7, 11) is 0. The van der Waals surface area contributed by atoms with E-state index < -0.39 is 5.60 Å². The van der Waals surface area contributed by atoms with Crippen LogP contribution in [0.2, 0.25) is 0 Å². The molecule has 33 heavy (non-hydrogen) atoms. The summed E-state index contributed by atoms with van der Waals surface area (Å²) in [6.07, 6.45) is 8.02. The van der Waals surface area contributed by atoms with Crippen LogP contribution >= 0.6 is 11.8 Å². The largest absolute Gasteiger partial charge is 0.385 e. The molecule has 0 radical (unpaired) electrons. The zero-order valence-corrected chi connectivity index (χ0v) is 20.6. The molecule has 1 amide bonds. The van der Waals surface area contributed by atoms with Crippen molar-refractivity contribution in [2.24, 2.45) is 5.41 Å². The lowest BCUT2D eigenvalue weighted by Crippen LogP contribution is -2.36. The van der Waals surface area contributed by atoms with Gasteiger partial charge in [0, 0.05) is 21.8 Å². The van der Waals surface area contributed by atoms with E-state index in [4.69, 9.17) is 6.57 Å². The molecule has 0 spiro atoms. The topological polar surface area (TPSA) is 82.4 Å². The lowest BCUT2D eigenvalue weighted by molar-refractivity contribution is 0.0157. The van der Waals surface area contributed by atoms with E-state index in [1.54, 1.807) is 0 Å². The highest BCUT2D eigenvalue weighted by Gasteiger charge is 2.38. The van der Waals surface area contributed by atoms with Crippen molar-refractivity contribution in [3.63, 3.8) is 0 Å². The lowest BCUT2D eigenvalue weighted by Gasteiger charge is -2.39. The molecule has 0 saturated carbocycles. The molecule has 1 aliphatic carbocycles. The Morgan fingerprint density at radius 3 is 2.64 bits per heavy atom. The van der Waals surface area contributed by atoms with Crippen molar-refractivity contribution >= 4 is 34.7 Å². The van der Waals surface area contributed by atoms with Gasteiger partial charge in [0.15, 0.2) is 0 Å². The van der Waals surface area contributed by atoms with Gasteiger partial charge in [-0.2, -0.15) is 11.8 Å². The molecule has 1 aliphatic heterocycles. The Bertz CT molecular complexity index is 1120. The average Bonchev–Trinajstić information content (AvgIpc) is 3.23. The van der Waals surface area contributed by atoms with Crippen molar-refractivity contribution in [1.82, 2.24) is 9.97 Å². The van der Waals surface area contributed by atoms with Crippen molar-refractivity contribution in [2.45, 2.75) is 75.9 Å². The second-order valence-corrected chi connectivity index (χ2v) is 12.1. The van der Waals surface area contributed by atoms with E-state index in [0.29, 0.717) is 29.0 Å². The molecule has 6 nitrogen and oxygen atoms in total. The SMILES string of the molecule is [C-]#[N+]c1cnc(C(=O)Nc2ccc(C3(O)CC(C)SC(C)C3)cc2C2=CCC(C)(C)CC2)[nH]1. The van der Waals surface area contributed by atoms with E-state index in [0.717, 1.165) is 30.4 Å². The van der Waals surface area contributed by atoms with Crippen LogP contribution in [0.5, 0.6) is 0 Å². The molecular weight excluding hydrogens is 432 g/mol. The predicted octanol–water partition coefficient (Wildman–Crippen LogP) is 6.30. The van der Waals surface area contributed by atoms with Gasteiger partial charge in [-0.05, 0) is 60.8 Å². The molecule has 1 fully saturated rings. The molecule has 2 heterocycles. The Morgan fingerprint density at radius 1 is 1.30 bits per heavy atom. The van der Waals surface area contributed by atoms with Gasteiger partial charge in [-0.3, -0.25) is 9.78 Å². The molecule has 2 aliphatic rings. The van der Waals surface area contributed by atoms with Crippen LogP contribution in [0.4, 0.5) is 11.5 Å². The van der Waals surface area contributed by atoms with E-state index in [9.17, 15) is 9.90 Å². The summed E-state index contributed by atoms with van der Waals surface area (Å²) in [6, 6.07) is 5.91. The Morgan fingerprint density at radius 2 is 2.03 bits per heavy atom. The van der Waals surface area contributed by atoms with Gasteiger partial charge in [-0.1, -0.05) is 46.4 Å². The van der Waals surface area contributed by atoms with Crippen molar-refractivity contribution in [3.05, 3.63) is 58.8 Å². The number of benzene rings is 1. The molecule has 3 N–H and O–H groups in total. The number of hydrogen-bond donors (Lipinski definition) is 3. The number of nitrogens with zero attached hydrogens (tertiary/aromatic N) is 2. The van der Waals surface area contributed by atoms with E-state index >= 15 is 0 Å². The van der Waals surface area contributed by atoms with Crippen molar-refractivity contribution in [2.75, 3.05) is 5.32 Å². The van der Waals surface area contributed by atoms with Crippen molar-refractivity contribution < 1.29 is 9.90 Å². The van der Waals surface area contributed by atoms with Crippen molar-refractivity contribution in [3.8, 4) is 0 Å². The minimum Gasteiger partial charge on any atom is -0.385 e. The van der Waals surface area contributed by atoms with Crippen molar-refractivity contribution in [1.29, 1.82) is 0 Å². The summed E-state index contributed by atoms with van der Waals surface area (Å²) >= 11 is 1.92. The summed E-state index contributed by atoms with van der Waals surface area (Å²) in [5, 5.41) is 15.3. The van der Waals surface area contributed by atoms with Crippen LogP contribution < -0.4 is 5.32 Å². The highest BCUT2D eigenvalue weighted by molar-refractivity contribution is 8.00. The predicted molar refractivity (Wildman–Crippen MR) is 134 cm³/mol. The van der Waals surface area contributed by atoms with Gasteiger partial charge < -0.3 is 15.3 Å². The number of allylic oxidation sites excluding steroid dienone is 2. The Kier molecular flexibility index (Phi) is 6.43. The molecule has 2 unspecified atom stereocenters. The van der Waals surface area contributed by atoms with Crippen LogP contribution in [-0.4, -0.2) is 31.5 Å². The zero-order valence-electron chi connectivity index (χ0n) is 19.7. The van der Waals surface area contributed by atoms with E-state index in [2.05, 4.69) is 60.0 Å². The summed E-state index contributed by atoms with van der Waals surface area (Å²) in [4.78, 5) is 22.9. The number of H-pyrrole nitrogens is 1. The number of amides is 1.